The van der Waals surface area contributed by atoms with Crippen molar-refractivity contribution in [3.8, 4) is 0 Å². The van der Waals surface area contributed by atoms with Gasteiger partial charge in [-0.05, 0) is 46.2 Å². The van der Waals surface area contributed by atoms with E-state index in [1.807, 2.05) is 43.0 Å². The summed E-state index contributed by atoms with van der Waals surface area (Å²) in [6, 6.07) is 7.98. The molecule has 3 nitrogen and oxygen atoms in total. The van der Waals surface area contributed by atoms with E-state index in [9.17, 15) is 4.79 Å². The Hall–Kier alpha value is -1.35. The number of benzene rings is 1. The van der Waals surface area contributed by atoms with Crippen LogP contribution in [0.25, 0.3) is 0 Å². The number of carbonyl (C=O) groups excluding carboxylic acids is 1. The Balaban J connectivity index is 2.78. The first-order valence-corrected chi connectivity index (χ1v) is 6.46. The first-order chi connectivity index (χ1) is 8.35. The van der Waals surface area contributed by atoms with Crippen LogP contribution in [0.5, 0.6) is 0 Å². The van der Waals surface area contributed by atoms with Crippen molar-refractivity contribution >= 4 is 11.6 Å². The molecule has 1 aromatic carbocycles. The van der Waals surface area contributed by atoms with Gasteiger partial charge in [0.25, 0.3) is 0 Å². The second kappa shape index (κ2) is 6.01. The van der Waals surface area contributed by atoms with Crippen molar-refractivity contribution in [3.05, 3.63) is 29.8 Å². The number of nitrogens with one attached hydrogen (secondary N) is 1. The standard InChI is InChI=1S/C15H24N2O/c1-6-17(13-10-8-7-9-12(13)2)14(18)11-16-15(3,4)5/h7-10,16H,6,11H2,1-5H3. The van der Waals surface area contributed by atoms with Crippen molar-refractivity contribution in [2.45, 2.75) is 40.2 Å². The van der Waals surface area contributed by atoms with Gasteiger partial charge >= 0.3 is 0 Å². The first-order valence-electron chi connectivity index (χ1n) is 6.46. The molecule has 0 heterocycles. The van der Waals surface area contributed by atoms with Gasteiger partial charge in [-0.25, -0.2) is 0 Å². The Morgan fingerprint density at radius 1 is 1.28 bits per heavy atom. The maximum absolute atomic E-state index is 12.2. The van der Waals surface area contributed by atoms with Gasteiger partial charge in [0.05, 0.1) is 6.54 Å². The number of anilines is 1. The number of carbonyl (C=O) groups is 1. The van der Waals surface area contributed by atoms with Gasteiger partial charge in [0, 0.05) is 17.8 Å². The lowest BCUT2D eigenvalue weighted by atomic mass is 10.1. The summed E-state index contributed by atoms with van der Waals surface area (Å²) in [6.45, 7) is 11.3. The van der Waals surface area contributed by atoms with Gasteiger partial charge in [0.15, 0.2) is 0 Å². The van der Waals surface area contributed by atoms with E-state index in [1.165, 1.54) is 0 Å². The van der Waals surface area contributed by atoms with Crippen molar-refractivity contribution in [2.75, 3.05) is 18.0 Å². The Morgan fingerprint density at radius 3 is 2.39 bits per heavy atom. The van der Waals surface area contributed by atoms with Crippen molar-refractivity contribution in [2.24, 2.45) is 0 Å². The molecule has 100 valence electrons. The summed E-state index contributed by atoms with van der Waals surface area (Å²) >= 11 is 0. The highest BCUT2D eigenvalue weighted by Crippen LogP contribution is 2.19. The lowest BCUT2D eigenvalue weighted by Crippen LogP contribution is -2.45. The predicted octanol–water partition coefficient (Wildman–Crippen LogP) is 2.74. The second-order valence-electron chi connectivity index (χ2n) is 5.53. The van der Waals surface area contributed by atoms with Crippen LogP contribution in [0.3, 0.4) is 0 Å². The predicted molar refractivity (Wildman–Crippen MR) is 77.0 cm³/mol. The number of amides is 1. The number of hydrogen-bond donors (Lipinski definition) is 1. The molecule has 1 N–H and O–H groups in total. The molecule has 1 amide bonds. The maximum Gasteiger partial charge on any atom is 0.240 e. The van der Waals surface area contributed by atoms with Crippen molar-refractivity contribution < 1.29 is 4.79 Å². The lowest BCUT2D eigenvalue weighted by Gasteiger charge is -2.26. The minimum atomic E-state index is -0.0409. The minimum absolute atomic E-state index is 0.0409. The van der Waals surface area contributed by atoms with Gasteiger partial charge in [-0.1, -0.05) is 18.2 Å². The van der Waals surface area contributed by atoms with Gasteiger partial charge in [-0.2, -0.15) is 0 Å². The molecule has 0 saturated heterocycles. The summed E-state index contributed by atoms with van der Waals surface area (Å²) < 4.78 is 0. The Kier molecular flexibility index (Phi) is 4.91. The van der Waals surface area contributed by atoms with Crippen LogP contribution in [-0.2, 0) is 4.79 Å². The molecule has 0 atom stereocenters. The maximum atomic E-state index is 12.2. The number of hydrogen-bond acceptors (Lipinski definition) is 2. The zero-order chi connectivity index (χ0) is 13.8. The van der Waals surface area contributed by atoms with E-state index in [0.717, 1.165) is 11.3 Å². The summed E-state index contributed by atoms with van der Waals surface area (Å²) in [4.78, 5) is 14.1. The summed E-state index contributed by atoms with van der Waals surface area (Å²) in [5, 5.41) is 3.23. The number of para-hydroxylation sites is 1. The van der Waals surface area contributed by atoms with E-state index in [2.05, 4.69) is 26.1 Å². The van der Waals surface area contributed by atoms with E-state index in [0.29, 0.717) is 13.1 Å². The lowest BCUT2D eigenvalue weighted by molar-refractivity contribution is -0.118. The molecule has 3 heteroatoms. The zero-order valence-corrected chi connectivity index (χ0v) is 12.1. The fraction of sp³-hybridized carbons (Fsp3) is 0.533. The average molecular weight is 248 g/mol. The van der Waals surface area contributed by atoms with Gasteiger partial charge in [0.1, 0.15) is 0 Å². The third kappa shape index (κ3) is 4.15. The van der Waals surface area contributed by atoms with Gasteiger partial charge < -0.3 is 10.2 Å². The molecule has 0 bridgehead atoms. The third-order valence-electron chi connectivity index (χ3n) is 2.79. The SMILES string of the molecule is CCN(C(=O)CNC(C)(C)C)c1ccccc1C. The molecular weight excluding hydrogens is 224 g/mol. The van der Waals surface area contributed by atoms with Gasteiger partial charge in [0.2, 0.25) is 5.91 Å². The molecule has 0 fully saturated rings. The van der Waals surface area contributed by atoms with Crippen molar-refractivity contribution in [1.82, 2.24) is 5.32 Å². The molecule has 18 heavy (non-hydrogen) atoms. The van der Waals surface area contributed by atoms with Crippen molar-refractivity contribution in [1.29, 1.82) is 0 Å². The number of rotatable bonds is 4. The van der Waals surface area contributed by atoms with E-state index in [1.54, 1.807) is 0 Å². The monoisotopic (exact) mass is 248 g/mol. The van der Waals surface area contributed by atoms with Gasteiger partial charge in [-0.15, -0.1) is 0 Å². The topological polar surface area (TPSA) is 32.3 Å². The highest BCUT2D eigenvalue weighted by Gasteiger charge is 2.17. The quantitative estimate of drug-likeness (QED) is 0.888. The molecule has 1 rings (SSSR count). The molecule has 0 aliphatic carbocycles. The first kappa shape index (κ1) is 14.7. The van der Waals surface area contributed by atoms with Crippen LogP contribution in [0.4, 0.5) is 5.69 Å². The van der Waals surface area contributed by atoms with Crippen LogP contribution in [-0.4, -0.2) is 24.5 Å². The van der Waals surface area contributed by atoms with Crippen LogP contribution < -0.4 is 10.2 Å². The molecule has 0 radical (unpaired) electrons. The van der Waals surface area contributed by atoms with Gasteiger partial charge in [-0.3, -0.25) is 4.79 Å². The normalized spacial score (nSPS) is 11.4. The molecule has 0 aliphatic rings. The Morgan fingerprint density at radius 2 is 1.89 bits per heavy atom. The van der Waals surface area contributed by atoms with Crippen LogP contribution >= 0.6 is 0 Å². The van der Waals surface area contributed by atoms with Crippen molar-refractivity contribution in [3.63, 3.8) is 0 Å². The fourth-order valence-electron chi connectivity index (χ4n) is 1.78. The van der Waals surface area contributed by atoms with Crippen LogP contribution in [0.1, 0.15) is 33.3 Å². The number of likely N-dealkylation sites (N-methyl/N-ethyl adjacent to an activating group) is 1. The second-order valence-corrected chi connectivity index (χ2v) is 5.53. The van der Waals surface area contributed by atoms with Crippen LogP contribution in [0, 0.1) is 6.92 Å². The van der Waals surface area contributed by atoms with E-state index < -0.39 is 0 Å². The molecule has 0 saturated carbocycles. The Labute approximate surface area is 110 Å². The Bertz CT molecular complexity index is 407. The summed E-state index contributed by atoms with van der Waals surface area (Å²) in [5.74, 6) is 0.113. The molecule has 0 unspecified atom stereocenters. The molecule has 0 aliphatic heterocycles. The number of aryl methyl sites for hydroxylation is 1. The summed E-state index contributed by atoms with van der Waals surface area (Å²) in [7, 11) is 0. The van der Waals surface area contributed by atoms with E-state index in [4.69, 9.17) is 0 Å². The molecular formula is C15H24N2O. The number of nitrogens with zero attached hydrogens (tertiary/aromatic N) is 1. The average Bonchev–Trinajstić information content (AvgIpc) is 2.29. The molecule has 1 aromatic rings. The van der Waals surface area contributed by atoms with Crippen LogP contribution in [0.2, 0.25) is 0 Å². The largest absolute Gasteiger partial charge is 0.311 e. The molecule has 0 aromatic heterocycles. The zero-order valence-electron chi connectivity index (χ0n) is 12.1. The fourth-order valence-corrected chi connectivity index (χ4v) is 1.78. The van der Waals surface area contributed by atoms with E-state index in [-0.39, 0.29) is 11.4 Å². The molecule has 0 spiro atoms. The summed E-state index contributed by atoms with van der Waals surface area (Å²) in [6.07, 6.45) is 0. The summed E-state index contributed by atoms with van der Waals surface area (Å²) in [5.41, 5.74) is 2.09. The highest BCUT2D eigenvalue weighted by molar-refractivity contribution is 5.95. The smallest absolute Gasteiger partial charge is 0.240 e. The highest BCUT2D eigenvalue weighted by atomic mass is 16.2. The van der Waals surface area contributed by atoms with E-state index >= 15 is 0 Å². The minimum Gasteiger partial charge on any atom is -0.311 e. The van der Waals surface area contributed by atoms with Crippen LogP contribution in [0.15, 0.2) is 24.3 Å². The third-order valence-corrected chi connectivity index (χ3v) is 2.79.